The van der Waals surface area contributed by atoms with Crippen molar-refractivity contribution >= 4 is 28.6 Å². The van der Waals surface area contributed by atoms with Crippen LogP contribution in [0.15, 0.2) is 58.4 Å². The van der Waals surface area contributed by atoms with Crippen LogP contribution in [0.5, 0.6) is 0 Å². The van der Waals surface area contributed by atoms with Crippen molar-refractivity contribution in [2.24, 2.45) is 5.10 Å². The van der Waals surface area contributed by atoms with Crippen molar-refractivity contribution in [2.45, 2.75) is 0 Å². The van der Waals surface area contributed by atoms with Crippen LogP contribution in [0.1, 0.15) is 16.1 Å². The molecule has 0 fully saturated rings. The predicted octanol–water partition coefficient (Wildman–Crippen LogP) is 1.75. The van der Waals surface area contributed by atoms with Crippen LogP contribution in [0.4, 0.5) is 5.69 Å². The molecule has 0 atom stereocenters. The lowest BCUT2D eigenvalue weighted by Crippen LogP contribution is -2.22. The van der Waals surface area contributed by atoms with Crippen LogP contribution in [-0.2, 0) is 0 Å². The van der Waals surface area contributed by atoms with Crippen molar-refractivity contribution in [3.63, 3.8) is 0 Å². The van der Waals surface area contributed by atoms with Gasteiger partial charge in [-0.05, 0) is 23.8 Å². The number of benzene rings is 2. The summed E-state index contributed by atoms with van der Waals surface area (Å²) in [5.41, 5.74) is 4.14. The van der Waals surface area contributed by atoms with E-state index in [1.807, 2.05) is 43.3 Å². The molecular weight excluding hydrogens is 318 g/mol. The molecule has 7 heteroatoms. The van der Waals surface area contributed by atoms with Crippen molar-refractivity contribution in [1.82, 2.24) is 15.6 Å². The number of amides is 1. The number of fused-ring (bicyclic) bond motifs is 1. The second-order valence-electron chi connectivity index (χ2n) is 5.63. The molecular formula is C18H17N5O2. The van der Waals surface area contributed by atoms with E-state index < -0.39 is 5.91 Å². The molecule has 1 amide bonds. The molecule has 1 heterocycles. The van der Waals surface area contributed by atoms with Crippen LogP contribution in [0.2, 0.25) is 0 Å². The minimum atomic E-state index is -0.492. The number of H-pyrrole nitrogens is 1. The Balaban J connectivity index is 1.77. The van der Waals surface area contributed by atoms with Gasteiger partial charge in [0.2, 0.25) is 0 Å². The van der Waals surface area contributed by atoms with Crippen LogP contribution >= 0.6 is 0 Å². The van der Waals surface area contributed by atoms with Crippen molar-refractivity contribution in [3.05, 3.63) is 70.1 Å². The predicted molar refractivity (Wildman–Crippen MR) is 98.2 cm³/mol. The number of hydrogen-bond acceptors (Lipinski definition) is 5. The average Bonchev–Trinajstić information content (AvgIpc) is 2.62. The van der Waals surface area contributed by atoms with Crippen molar-refractivity contribution in [1.29, 1.82) is 0 Å². The molecule has 0 spiro atoms. The maximum atomic E-state index is 12.3. The monoisotopic (exact) mass is 335 g/mol. The number of nitrogens with zero attached hydrogens (tertiary/aromatic N) is 3. The number of hydrazone groups is 1. The molecule has 0 saturated heterocycles. The molecule has 1 aromatic heterocycles. The Labute approximate surface area is 144 Å². The number of aromatic amines is 1. The van der Waals surface area contributed by atoms with E-state index in [-0.39, 0.29) is 11.3 Å². The minimum absolute atomic E-state index is 0.121. The van der Waals surface area contributed by atoms with Gasteiger partial charge in [0, 0.05) is 25.2 Å². The van der Waals surface area contributed by atoms with E-state index in [0.717, 1.165) is 11.3 Å². The van der Waals surface area contributed by atoms with Gasteiger partial charge in [-0.15, -0.1) is 0 Å². The highest BCUT2D eigenvalue weighted by molar-refractivity contribution is 6.04. The Morgan fingerprint density at radius 3 is 2.48 bits per heavy atom. The summed E-state index contributed by atoms with van der Waals surface area (Å²) in [5, 5.41) is 11.0. The van der Waals surface area contributed by atoms with E-state index >= 15 is 0 Å². The highest BCUT2D eigenvalue weighted by atomic mass is 16.2. The normalized spacial score (nSPS) is 11.0. The lowest BCUT2D eigenvalue weighted by atomic mass is 10.1. The summed E-state index contributed by atoms with van der Waals surface area (Å²) in [6.07, 6.45) is 1.55. The lowest BCUT2D eigenvalue weighted by molar-refractivity contribution is 0.0951. The zero-order valence-electron chi connectivity index (χ0n) is 13.9. The molecule has 3 rings (SSSR count). The van der Waals surface area contributed by atoms with Crippen LogP contribution in [0, 0.1) is 0 Å². The van der Waals surface area contributed by atoms with Crippen LogP contribution in [0.3, 0.4) is 0 Å². The second kappa shape index (κ2) is 6.96. The summed E-state index contributed by atoms with van der Waals surface area (Å²) < 4.78 is 0. The summed E-state index contributed by atoms with van der Waals surface area (Å²) in [7, 11) is 3.93. The molecule has 0 radical (unpaired) electrons. The van der Waals surface area contributed by atoms with E-state index in [4.69, 9.17) is 0 Å². The van der Waals surface area contributed by atoms with Crippen molar-refractivity contribution in [3.8, 4) is 0 Å². The molecule has 0 saturated carbocycles. The first-order valence-corrected chi connectivity index (χ1v) is 7.64. The minimum Gasteiger partial charge on any atom is -0.378 e. The van der Waals surface area contributed by atoms with Crippen LogP contribution in [0.25, 0.3) is 10.8 Å². The smallest absolute Gasteiger partial charge is 0.292 e. The van der Waals surface area contributed by atoms with Gasteiger partial charge in [0.05, 0.1) is 11.6 Å². The first-order valence-electron chi connectivity index (χ1n) is 7.64. The summed E-state index contributed by atoms with van der Waals surface area (Å²) in [6.45, 7) is 0. The Bertz CT molecular complexity index is 990. The third kappa shape index (κ3) is 3.55. The average molecular weight is 335 g/mol. The standard InChI is InChI=1S/C18H17N5O2/c1-23(2)13-9-7-12(8-10-13)11-19-21-18(25)16-14-5-3-4-6-15(14)17(24)22-20-16/h3-11H,1-2H3,(H,21,25)(H,22,24)/b19-11-. The van der Waals surface area contributed by atoms with E-state index in [1.54, 1.807) is 30.5 Å². The summed E-state index contributed by atoms with van der Waals surface area (Å²) in [5.74, 6) is -0.492. The molecule has 2 N–H and O–H groups in total. The fourth-order valence-electron chi connectivity index (χ4n) is 2.36. The Kier molecular flexibility index (Phi) is 4.56. The number of anilines is 1. The number of hydrogen-bond donors (Lipinski definition) is 2. The molecule has 0 aliphatic rings. The third-order valence-corrected chi connectivity index (χ3v) is 3.70. The quantitative estimate of drug-likeness (QED) is 0.561. The Morgan fingerprint density at radius 1 is 1.12 bits per heavy atom. The van der Waals surface area contributed by atoms with Gasteiger partial charge in [-0.3, -0.25) is 9.59 Å². The molecule has 7 nitrogen and oxygen atoms in total. The van der Waals surface area contributed by atoms with Crippen LogP contribution < -0.4 is 15.9 Å². The fourth-order valence-corrected chi connectivity index (χ4v) is 2.36. The Hall–Kier alpha value is -3.48. The molecule has 0 unspecified atom stereocenters. The van der Waals surface area contributed by atoms with E-state index in [1.165, 1.54) is 0 Å². The molecule has 0 bridgehead atoms. The number of rotatable bonds is 4. The fraction of sp³-hybridized carbons (Fsp3) is 0.111. The largest absolute Gasteiger partial charge is 0.378 e. The molecule has 2 aromatic carbocycles. The van der Waals surface area contributed by atoms with Crippen molar-refractivity contribution in [2.75, 3.05) is 19.0 Å². The summed E-state index contributed by atoms with van der Waals surface area (Å²) in [4.78, 5) is 26.0. The second-order valence-corrected chi connectivity index (χ2v) is 5.63. The first kappa shape index (κ1) is 16.4. The highest BCUT2D eigenvalue weighted by Crippen LogP contribution is 2.12. The van der Waals surface area contributed by atoms with E-state index in [0.29, 0.717) is 10.8 Å². The third-order valence-electron chi connectivity index (χ3n) is 3.70. The maximum Gasteiger partial charge on any atom is 0.292 e. The zero-order valence-corrected chi connectivity index (χ0v) is 13.9. The SMILES string of the molecule is CN(C)c1ccc(/C=N\NC(=O)c2n[nH]c(=O)c3ccccc23)cc1. The van der Waals surface area contributed by atoms with Gasteiger partial charge < -0.3 is 4.90 Å². The van der Waals surface area contributed by atoms with Gasteiger partial charge in [-0.2, -0.15) is 10.2 Å². The van der Waals surface area contributed by atoms with Gasteiger partial charge in [-0.1, -0.05) is 30.3 Å². The topological polar surface area (TPSA) is 90.4 Å². The molecule has 3 aromatic rings. The maximum absolute atomic E-state index is 12.3. The van der Waals surface area contributed by atoms with E-state index in [2.05, 4.69) is 20.7 Å². The summed E-state index contributed by atoms with van der Waals surface area (Å²) in [6, 6.07) is 14.5. The van der Waals surface area contributed by atoms with E-state index in [9.17, 15) is 9.59 Å². The number of nitrogens with one attached hydrogen (secondary N) is 2. The Morgan fingerprint density at radius 2 is 1.80 bits per heavy atom. The number of carbonyl (C=O) groups is 1. The lowest BCUT2D eigenvalue weighted by Gasteiger charge is -2.11. The molecule has 126 valence electrons. The number of aromatic nitrogens is 2. The van der Waals surface area contributed by atoms with Crippen LogP contribution in [-0.4, -0.2) is 36.4 Å². The molecule has 25 heavy (non-hydrogen) atoms. The van der Waals surface area contributed by atoms with Gasteiger partial charge in [0.15, 0.2) is 5.69 Å². The van der Waals surface area contributed by atoms with Gasteiger partial charge >= 0.3 is 0 Å². The van der Waals surface area contributed by atoms with Gasteiger partial charge in [0.1, 0.15) is 0 Å². The zero-order chi connectivity index (χ0) is 17.8. The number of carbonyl (C=O) groups excluding carboxylic acids is 1. The van der Waals surface area contributed by atoms with Gasteiger partial charge in [-0.25, -0.2) is 10.5 Å². The summed E-state index contributed by atoms with van der Waals surface area (Å²) >= 11 is 0. The van der Waals surface area contributed by atoms with Gasteiger partial charge in [0.25, 0.3) is 11.5 Å². The molecule has 0 aliphatic carbocycles. The van der Waals surface area contributed by atoms with Crippen molar-refractivity contribution < 1.29 is 4.79 Å². The highest BCUT2D eigenvalue weighted by Gasteiger charge is 2.12. The molecule has 0 aliphatic heterocycles. The first-order chi connectivity index (χ1) is 12.1.